The minimum absolute atomic E-state index is 0.132. The monoisotopic (exact) mass is 265 g/mol. The third kappa shape index (κ3) is 2.66. The number of rotatable bonds is 4. The maximum Gasteiger partial charge on any atom is 0.142 e. The highest BCUT2D eigenvalue weighted by atomic mass is 35.5. The lowest BCUT2D eigenvalue weighted by atomic mass is 10.0. The Balaban J connectivity index is 2.45. The van der Waals surface area contributed by atoms with Gasteiger partial charge < -0.3 is 5.32 Å². The van der Waals surface area contributed by atoms with Crippen molar-refractivity contribution in [1.82, 2.24) is 15.3 Å². The molecule has 0 spiro atoms. The van der Waals surface area contributed by atoms with E-state index in [9.17, 15) is 4.39 Å². The molecule has 1 heterocycles. The number of halogens is 2. The van der Waals surface area contributed by atoms with Crippen molar-refractivity contribution in [3.8, 4) is 0 Å². The standard InChI is InChI=1S/C13H13ClFN3/c1-2-18-13(9-6-16-8-17-7-9)10-4-3-5-11(15)12(10)14/h3-8,13,18H,2H2,1H3. The average Bonchev–Trinajstić information content (AvgIpc) is 2.41. The lowest BCUT2D eigenvalue weighted by molar-refractivity contribution is 0.601. The van der Waals surface area contributed by atoms with E-state index < -0.39 is 5.82 Å². The van der Waals surface area contributed by atoms with Crippen LogP contribution in [-0.2, 0) is 0 Å². The summed E-state index contributed by atoms with van der Waals surface area (Å²) >= 11 is 6.02. The van der Waals surface area contributed by atoms with Gasteiger partial charge in [-0.25, -0.2) is 14.4 Å². The van der Waals surface area contributed by atoms with Gasteiger partial charge in [-0.1, -0.05) is 30.7 Å². The molecule has 0 aliphatic carbocycles. The van der Waals surface area contributed by atoms with Crippen LogP contribution in [0, 0.1) is 5.82 Å². The number of benzene rings is 1. The molecule has 1 atom stereocenters. The zero-order valence-corrected chi connectivity index (χ0v) is 10.7. The van der Waals surface area contributed by atoms with Crippen molar-refractivity contribution in [1.29, 1.82) is 0 Å². The fourth-order valence-electron chi connectivity index (χ4n) is 1.81. The molecule has 3 nitrogen and oxygen atoms in total. The highest BCUT2D eigenvalue weighted by Gasteiger charge is 2.18. The number of nitrogens with one attached hydrogen (secondary N) is 1. The number of hydrogen-bond acceptors (Lipinski definition) is 3. The highest BCUT2D eigenvalue weighted by Crippen LogP contribution is 2.29. The van der Waals surface area contributed by atoms with E-state index >= 15 is 0 Å². The van der Waals surface area contributed by atoms with Gasteiger partial charge in [0.1, 0.15) is 12.1 Å². The van der Waals surface area contributed by atoms with Crippen LogP contribution in [0.3, 0.4) is 0 Å². The van der Waals surface area contributed by atoms with E-state index in [0.29, 0.717) is 5.56 Å². The van der Waals surface area contributed by atoms with E-state index in [-0.39, 0.29) is 11.1 Å². The van der Waals surface area contributed by atoms with Gasteiger partial charge in [0.05, 0.1) is 11.1 Å². The zero-order chi connectivity index (χ0) is 13.0. The molecule has 1 aromatic carbocycles. The molecule has 0 bridgehead atoms. The van der Waals surface area contributed by atoms with Crippen LogP contribution in [0.5, 0.6) is 0 Å². The van der Waals surface area contributed by atoms with Crippen molar-refractivity contribution in [3.05, 3.63) is 58.9 Å². The van der Waals surface area contributed by atoms with Crippen molar-refractivity contribution < 1.29 is 4.39 Å². The Hall–Kier alpha value is -1.52. The molecule has 2 rings (SSSR count). The Morgan fingerprint density at radius 1 is 1.33 bits per heavy atom. The molecule has 0 aliphatic heterocycles. The van der Waals surface area contributed by atoms with E-state index in [0.717, 1.165) is 12.1 Å². The van der Waals surface area contributed by atoms with E-state index in [1.54, 1.807) is 24.5 Å². The third-order valence-corrected chi connectivity index (χ3v) is 3.01. The fourth-order valence-corrected chi connectivity index (χ4v) is 2.05. The number of hydrogen-bond donors (Lipinski definition) is 1. The van der Waals surface area contributed by atoms with Gasteiger partial charge in [0.15, 0.2) is 0 Å². The second kappa shape index (κ2) is 5.89. The fraction of sp³-hybridized carbons (Fsp3) is 0.231. The summed E-state index contributed by atoms with van der Waals surface area (Å²) in [7, 11) is 0. The van der Waals surface area contributed by atoms with Crippen molar-refractivity contribution >= 4 is 11.6 Å². The summed E-state index contributed by atoms with van der Waals surface area (Å²) in [5, 5.41) is 3.38. The molecule has 1 aromatic heterocycles. The number of aromatic nitrogens is 2. The first kappa shape index (κ1) is 12.9. The van der Waals surface area contributed by atoms with Crippen LogP contribution in [0.4, 0.5) is 4.39 Å². The Morgan fingerprint density at radius 2 is 2.06 bits per heavy atom. The molecule has 0 amide bonds. The molecule has 5 heteroatoms. The second-order valence-electron chi connectivity index (χ2n) is 3.81. The van der Waals surface area contributed by atoms with Crippen LogP contribution < -0.4 is 5.32 Å². The molecular formula is C13H13ClFN3. The minimum Gasteiger partial charge on any atom is -0.306 e. The first-order valence-corrected chi connectivity index (χ1v) is 6.04. The molecule has 2 aromatic rings. The lowest BCUT2D eigenvalue weighted by Gasteiger charge is -2.19. The van der Waals surface area contributed by atoms with Gasteiger partial charge in [-0.2, -0.15) is 0 Å². The molecule has 0 fully saturated rings. The van der Waals surface area contributed by atoms with Crippen molar-refractivity contribution in [3.63, 3.8) is 0 Å². The molecule has 18 heavy (non-hydrogen) atoms. The zero-order valence-electron chi connectivity index (χ0n) is 9.90. The summed E-state index contributed by atoms with van der Waals surface area (Å²) in [6, 6.07) is 4.58. The van der Waals surface area contributed by atoms with Crippen LogP contribution in [0.15, 0.2) is 36.9 Å². The second-order valence-corrected chi connectivity index (χ2v) is 4.18. The molecule has 0 saturated heterocycles. The molecular weight excluding hydrogens is 253 g/mol. The van der Waals surface area contributed by atoms with Crippen LogP contribution in [0.2, 0.25) is 5.02 Å². The van der Waals surface area contributed by atoms with E-state index in [1.165, 1.54) is 12.4 Å². The van der Waals surface area contributed by atoms with Crippen LogP contribution in [0.1, 0.15) is 24.1 Å². The Kier molecular flexibility index (Phi) is 4.23. The maximum absolute atomic E-state index is 13.5. The maximum atomic E-state index is 13.5. The SMILES string of the molecule is CCNC(c1cncnc1)c1cccc(F)c1Cl. The number of nitrogens with zero attached hydrogens (tertiary/aromatic N) is 2. The lowest BCUT2D eigenvalue weighted by Crippen LogP contribution is -2.22. The Bertz CT molecular complexity index is 519. The van der Waals surface area contributed by atoms with Crippen molar-refractivity contribution in [2.24, 2.45) is 0 Å². The van der Waals surface area contributed by atoms with Gasteiger partial charge in [-0.15, -0.1) is 0 Å². The largest absolute Gasteiger partial charge is 0.306 e. The highest BCUT2D eigenvalue weighted by molar-refractivity contribution is 6.31. The molecule has 1 N–H and O–H groups in total. The first-order chi connectivity index (χ1) is 8.74. The molecule has 1 unspecified atom stereocenters. The van der Waals surface area contributed by atoms with Gasteiger partial charge in [0.25, 0.3) is 0 Å². The van der Waals surface area contributed by atoms with E-state index in [1.807, 2.05) is 6.92 Å². The van der Waals surface area contributed by atoms with Crippen molar-refractivity contribution in [2.75, 3.05) is 6.54 Å². The van der Waals surface area contributed by atoms with Crippen molar-refractivity contribution in [2.45, 2.75) is 13.0 Å². The predicted octanol–water partition coefficient (Wildman–Crippen LogP) is 2.97. The quantitative estimate of drug-likeness (QED) is 0.924. The smallest absolute Gasteiger partial charge is 0.142 e. The summed E-state index contributed by atoms with van der Waals surface area (Å²) < 4.78 is 13.5. The molecule has 94 valence electrons. The topological polar surface area (TPSA) is 37.8 Å². The van der Waals surface area contributed by atoms with Crippen LogP contribution >= 0.6 is 11.6 Å². The van der Waals surface area contributed by atoms with Gasteiger partial charge in [-0.05, 0) is 18.2 Å². The van der Waals surface area contributed by atoms with Gasteiger partial charge in [0.2, 0.25) is 0 Å². The first-order valence-electron chi connectivity index (χ1n) is 5.66. The summed E-state index contributed by atoms with van der Waals surface area (Å²) in [4.78, 5) is 7.95. The van der Waals surface area contributed by atoms with Crippen LogP contribution in [0.25, 0.3) is 0 Å². The van der Waals surface area contributed by atoms with E-state index in [2.05, 4.69) is 15.3 Å². The molecule has 0 aliphatic rings. The summed E-state index contributed by atoms with van der Waals surface area (Å²) in [5.74, 6) is -0.422. The summed E-state index contributed by atoms with van der Waals surface area (Å²) in [5.41, 5.74) is 1.54. The van der Waals surface area contributed by atoms with Crippen LogP contribution in [-0.4, -0.2) is 16.5 Å². The molecule has 0 radical (unpaired) electrons. The Labute approximate surface area is 110 Å². The normalized spacial score (nSPS) is 12.4. The van der Waals surface area contributed by atoms with Gasteiger partial charge in [-0.3, -0.25) is 0 Å². The summed E-state index contributed by atoms with van der Waals surface area (Å²) in [6.07, 6.45) is 4.85. The molecule has 0 saturated carbocycles. The van der Waals surface area contributed by atoms with Gasteiger partial charge >= 0.3 is 0 Å². The predicted molar refractivity (Wildman–Crippen MR) is 69.0 cm³/mol. The Morgan fingerprint density at radius 3 is 2.72 bits per heavy atom. The average molecular weight is 266 g/mol. The minimum atomic E-state index is -0.422. The van der Waals surface area contributed by atoms with E-state index in [4.69, 9.17) is 11.6 Å². The summed E-state index contributed by atoms with van der Waals surface area (Å²) in [6.45, 7) is 2.70. The third-order valence-electron chi connectivity index (χ3n) is 2.61. The van der Waals surface area contributed by atoms with Gasteiger partial charge in [0, 0.05) is 18.0 Å².